The van der Waals surface area contributed by atoms with Crippen LogP contribution in [0.1, 0.15) is 24.2 Å². The summed E-state index contributed by atoms with van der Waals surface area (Å²) in [5.74, 6) is 1.56. The van der Waals surface area contributed by atoms with E-state index in [1.165, 1.54) is 12.8 Å². The lowest BCUT2D eigenvalue weighted by Crippen LogP contribution is -2.30. The van der Waals surface area contributed by atoms with E-state index in [4.69, 9.17) is 4.74 Å². The van der Waals surface area contributed by atoms with Crippen molar-refractivity contribution in [3.05, 3.63) is 29.6 Å². The molecule has 1 aromatic carbocycles. The average Bonchev–Trinajstić information content (AvgIpc) is 2.47. The zero-order valence-electron chi connectivity index (χ0n) is 12.1. The van der Waals surface area contributed by atoms with Crippen LogP contribution < -0.4 is 10.1 Å². The predicted octanol–water partition coefficient (Wildman–Crippen LogP) is 2.63. The van der Waals surface area contributed by atoms with Gasteiger partial charge in [-0.1, -0.05) is 0 Å². The van der Waals surface area contributed by atoms with E-state index in [9.17, 15) is 0 Å². The maximum Gasteiger partial charge on any atom is 0.121 e. The highest BCUT2D eigenvalue weighted by molar-refractivity contribution is 5.76. The van der Waals surface area contributed by atoms with Gasteiger partial charge in [-0.25, -0.2) is 9.97 Å². The maximum atomic E-state index is 5.93. The number of aromatic nitrogens is 2. The molecule has 2 aromatic rings. The molecule has 4 heteroatoms. The van der Waals surface area contributed by atoms with Crippen LogP contribution in [0.4, 0.5) is 0 Å². The van der Waals surface area contributed by atoms with Crippen LogP contribution >= 0.6 is 0 Å². The van der Waals surface area contributed by atoms with Gasteiger partial charge < -0.3 is 10.1 Å². The van der Waals surface area contributed by atoms with Crippen molar-refractivity contribution in [1.29, 1.82) is 0 Å². The first-order valence-corrected chi connectivity index (χ1v) is 7.31. The Labute approximate surface area is 119 Å². The number of benzene rings is 1. The smallest absolute Gasteiger partial charge is 0.121 e. The van der Waals surface area contributed by atoms with Crippen LogP contribution in [0.15, 0.2) is 18.2 Å². The van der Waals surface area contributed by atoms with E-state index in [0.29, 0.717) is 5.92 Å². The van der Waals surface area contributed by atoms with Gasteiger partial charge >= 0.3 is 0 Å². The summed E-state index contributed by atoms with van der Waals surface area (Å²) in [6, 6.07) is 5.98. The second-order valence-electron chi connectivity index (χ2n) is 5.55. The number of fused-ring (bicyclic) bond motifs is 1. The SMILES string of the molecule is Cc1nc2ccc(OCC3CCNCC3)cc2nc1C. The second kappa shape index (κ2) is 5.75. The molecule has 2 heterocycles. The first-order chi connectivity index (χ1) is 9.72. The molecular weight excluding hydrogens is 250 g/mol. The number of nitrogens with one attached hydrogen (secondary N) is 1. The van der Waals surface area contributed by atoms with Crippen molar-refractivity contribution in [2.24, 2.45) is 5.92 Å². The number of piperidine rings is 1. The molecule has 1 N–H and O–H groups in total. The van der Waals surface area contributed by atoms with E-state index in [1.807, 2.05) is 32.0 Å². The lowest BCUT2D eigenvalue weighted by molar-refractivity contribution is 0.215. The topological polar surface area (TPSA) is 47.0 Å². The molecule has 0 atom stereocenters. The molecule has 20 heavy (non-hydrogen) atoms. The van der Waals surface area contributed by atoms with Crippen molar-refractivity contribution < 1.29 is 4.74 Å². The summed E-state index contributed by atoms with van der Waals surface area (Å²) in [6.07, 6.45) is 2.40. The molecular formula is C16H21N3O. The Morgan fingerprint density at radius 3 is 2.55 bits per heavy atom. The molecule has 1 saturated heterocycles. The highest BCUT2D eigenvalue weighted by atomic mass is 16.5. The Bertz CT molecular complexity index is 606. The molecule has 0 unspecified atom stereocenters. The van der Waals surface area contributed by atoms with Gasteiger partial charge in [0.15, 0.2) is 0 Å². The van der Waals surface area contributed by atoms with Crippen LogP contribution in [0.3, 0.4) is 0 Å². The van der Waals surface area contributed by atoms with Crippen LogP contribution in [-0.4, -0.2) is 29.7 Å². The van der Waals surface area contributed by atoms with Crippen LogP contribution in [0.5, 0.6) is 5.75 Å². The summed E-state index contributed by atoms with van der Waals surface area (Å²) in [4.78, 5) is 9.12. The first-order valence-electron chi connectivity index (χ1n) is 7.31. The molecule has 0 saturated carbocycles. The lowest BCUT2D eigenvalue weighted by Gasteiger charge is -2.22. The van der Waals surface area contributed by atoms with Crippen molar-refractivity contribution in [1.82, 2.24) is 15.3 Å². The third-order valence-corrected chi connectivity index (χ3v) is 3.99. The molecule has 4 nitrogen and oxygen atoms in total. The molecule has 1 aliphatic heterocycles. The van der Waals surface area contributed by atoms with Crippen LogP contribution in [-0.2, 0) is 0 Å². The molecule has 0 spiro atoms. The average molecular weight is 271 g/mol. The highest BCUT2D eigenvalue weighted by Gasteiger charge is 2.13. The van der Waals surface area contributed by atoms with Crippen molar-refractivity contribution >= 4 is 11.0 Å². The number of nitrogens with zero attached hydrogens (tertiary/aromatic N) is 2. The molecule has 1 aliphatic rings. The first kappa shape index (κ1) is 13.3. The second-order valence-corrected chi connectivity index (χ2v) is 5.55. The van der Waals surface area contributed by atoms with Gasteiger partial charge in [-0.2, -0.15) is 0 Å². The monoisotopic (exact) mass is 271 g/mol. The van der Waals surface area contributed by atoms with E-state index in [0.717, 1.165) is 47.9 Å². The molecule has 0 amide bonds. The van der Waals surface area contributed by atoms with Crippen LogP contribution in [0.25, 0.3) is 11.0 Å². The molecule has 106 valence electrons. The van der Waals surface area contributed by atoms with Gasteiger partial charge in [0, 0.05) is 6.07 Å². The van der Waals surface area contributed by atoms with Gasteiger partial charge in [0.2, 0.25) is 0 Å². The Morgan fingerprint density at radius 1 is 1.10 bits per heavy atom. The van der Waals surface area contributed by atoms with E-state index < -0.39 is 0 Å². The van der Waals surface area contributed by atoms with Gasteiger partial charge in [0.25, 0.3) is 0 Å². The Balaban J connectivity index is 1.73. The van der Waals surface area contributed by atoms with Crippen LogP contribution in [0, 0.1) is 19.8 Å². The van der Waals surface area contributed by atoms with Crippen molar-refractivity contribution in [2.45, 2.75) is 26.7 Å². The molecule has 0 radical (unpaired) electrons. The van der Waals surface area contributed by atoms with E-state index >= 15 is 0 Å². The number of aryl methyl sites for hydroxylation is 2. The molecule has 0 bridgehead atoms. The zero-order chi connectivity index (χ0) is 13.9. The fourth-order valence-corrected chi connectivity index (χ4v) is 2.56. The Kier molecular flexibility index (Phi) is 3.83. The van der Waals surface area contributed by atoms with Gasteiger partial charge in [-0.05, 0) is 57.8 Å². The molecule has 1 aromatic heterocycles. The van der Waals surface area contributed by atoms with Gasteiger partial charge in [-0.3, -0.25) is 0 Å². The number of rotatable bonds is 3. The number of hydrogen-bond acceptors (Lipinski definition) is 4. The minimum atomic E-state index is 0.665. The van der Waals surface area contributed by atoms with Crippen LogP contribution in [0.2, 0.25) is 0 Å². The largest absolute Gasteiger partial charge is 0.493 e. The lowest BCUT2D eigenvalue weighted by atomic mass is 9.99. The van der Waals surface area contributed by atoms with Gasteiger partial charge in [0.05, 0.1) is 29.0 Å². The molecule has 3 rings (SSSR count). The van der Waals surface area contributed by atoms with E-state index in [-0.39, 0.29) is 0 Å². The summed E-state index contributed by atoms with van der Waals surface area (Å²) in [5, 5.41) is 3.37. The predicted molar refractivity (Wildman–Crippen MR) is 80.1 cm³/mol. The molecule has 0 aliphatic carbocycles. The van der Waals surface area contributed by atoms with Crippen molar-refractivity contribution in [3.8, 4) is 5.75 Å². The van der Waals surface area contributed by atoms with Crippen molar-refractivity contribution in [3.63, 3.8) is 0 Å². The minimum absolute atomic E-state index is 0.665. The van der Waals surface area contributed by atoms with Gasteiger partial charge in [-0.15, -0.1) is 0 Å². The zero-order valence-corrected chi connectivity index (χ0v) is 12.1. The third-order valence-electron chi connectivity index (χ3n) is 3.99. The minimum Gasteiger partial charge on any atom is -0.493 e. The molecule has 1 fully saturated rings. The van der Waals surface area contributed by atoms with Gasteiger partial charge in [0.1, 0.15) is 5.75 Å². The van der Waals surface area contributed by atoms with E-state index in [1.54, 1.807) is 0 Å². The van der Waals surface area contributed by atoms with E-state index in [2.05, 4.69) is 15.3 Å². The quantitative estimate of drug-likeness (QED) is 0.932. The summed E-state index contributed by atoms with van der Waals surface area (Å²) < 4.78 is 5.93. The Hall–Kier alpha value is -1.68. The summed E-state index contributed by atoms with van der Waals surface area (Å²) in [5.41, 5.74) is 3.81. The number of hydrogen-bond donors (Lipinski definition) is 1. The highest BCUT2D eigenvalue weighted by Crippen LogP contribution is 2.21. The number of ether oxygens (including phenoxy) is 1. The Morgan fingerprint density at radius 2 is 1.80 bits per heavy atom. The summed E-state index contributed by atoms with van der Waals surface area (Å²) >= 11 is 0. The maximum absolute atomic E-state index is 5.93. The summed E-state index contributed by atoms with van der Waals surface area (Å²) in [7, 11) is 0. The third kappa shape index (κ3) is 2.90. The van der Waals surface area contributed by atoms with Crippen molar-refractivity contribution in [2.75, 3.05) is 19.7 Å². The summed E-state index contributed by atoms with van der Waals surface area (Å²) in [6.45, 7) is 6.99. The standard InChI is InChI=1S/C16H21N3O/c1-11-12(2)19-16-9-14(3-4-15(16)18-11)20-10-13-5-7-17-8-6-13/h3-4,9,13,17H,5-8,10H2,1-2H3. The normalized spacial score (nSPS) is 16.5. The fourth-order valence-electron chi connectivity index (χ4n) is 2.56. The fraction of sp³-hybridized carbons (Fsp3) is 0.500.